The van der Waals surface area contributed by atoms with Gasteiger partial charge in [0.15, 0.2) is 5.13 Å². The largest absolute Gasteiger partial charge is 0.298 e. The normalized spacial score (nSPS) is 11.2. The molecule has 0 unspecified atom stereocenters. The molecule has 0 bridgehead atoms. The number of benzene rings is 2. The predicted octanol–water partition coefficient (Wildman–Crippen LogP) is 4.18. The summed E-state index contributed by atoms with van der Waals surface area (Å²) in [5.41, 5.74) is 5.65. The first-order chi connectivity index (χ1) is 14.7. The summed E-state index contributed by atoms with van der Waals surface area (Å²) in [5.74, 6) is -0.376. The fourth-order valence-electron chi connectivity index (χ4n) is 2.97. The maximum Gasteiger partial charge on any atom is 0.257 e. The molecular formula is C22H22N4O3S2. The Morgan fingerprint density at radius 1 is 1.10 bits per heavy atom. The highest BCUT2D eigenvalue weighted by molar-refractivity contribution is 7.89. The van der Waals surface area contributed by atoms with E-state index in [2.05, 4.69) is 41.0 Å². The van der Waals surface area contributed by atoms with Gasteiger partial charge in [-0.3, -0.25) is 10.1 Å². The molecule has 0 aliphatic rings. The summed E-state index contributed by atoms with van der Waals surface area (Å²) < 4.78 is 26.7. The van der Waals surface area contributed by atoms with Gasteiger partial charge in [0.05, 0.1) is 16.7 Å². The smallest absolute Gasteiger partial charge is 0.257 e. The zero-order valence-corrected chi connectivity index (χ0v) is 19.0. The Balaban J connectivity index is 1.72. The van der Waals surface area contributed by atoms with Crippen molar-refractivity contribution in [2.75, 3.05) is 11.9 Å². The van der Waals surface area contributed by atoms with Crippen molar-refractivity contribution < 1.29 is 13.2 Å². The number of amides is 1. The van der Waals surface area contributed by atoms with Crippen molar-refractivity contribution in [3.63, 3.8) is 0 Å². The SMILES string of the molecule is Cc1cc(C)c(-c2csc(NC(=O)c3ccc(S(=O)(=O)NCCC#N)cc3)n2)cc1C. The van der Waals surface area contributed by atoms with Crippen LogP contribution in [0.2, 0.25) is 0 Å². The van der Waals surface area contributed by atoms with Crippen LogP contribution in [0.15, 0.2) is 46.7 Å². The molecule has 0 spiro atoms. The molecule has 1 aromatic heterocycles. The number of nitriles is 1. The summed E-state index contributed by atoms with van der Waals surface area (Å²) in [7, 11) is -3.72. The zero-order valence-electron chi connectivity index (χ0n) is 17.4. The summed E-state index contributed by atoms with van der Waals surface area (Å²) in [5, 5.41) is 13.6. The van der Waals surface area contributed by atoms with E-state index in [1.54, 1.807) is 0 Å². The molecule has 0 saturated carbocycles. The standard InChI is InChI=1S/C22H22N4O3S2/c1-14-11-16(3)19(12-15(14)2)20-13-30-22(25-20)26-21(27)17-5-7-18(8-6-17)31(28,29)24-10-4-9-23/h5-8,11-13,24H,4,10H2,1-3H3,(H,25,26,27). The van der Waals surface area contributed by atoms with Crippen molar-refractivity contribution in [1.29, 1.82) is 5.26 Å². The number of nitrogens with zero attached hydrogens (tertiary/aromatic N) is 2. The minimum absolute atomic E-state index is 0.0312. The Kier molecular flexibility index (Phi) is 6.85. The van der Waals surface area contributed by atoms with Crippen LogP contribution in [-0.4, -0.2) is 25.9 Å². The van der Waals surface area contributed by atoms with Gasteiger partial charge in [-0.1, -0.05) is 6.07 Å². The van der Waals surface area contributed by atoms with Crippen LogP contribution in [0.1, 0.15) is 33.5 Å². The average Bonchev–Trinajstić information content (AvgIpc) is 3.19. The Labute approximate surface area is 185 Å². The van der Waals surface area contributed by atoms with Crippen LogP contribution in [-0.2, 0) is 10.0 Å². The number of hydrogen-bond donors (Lipinski definition) is 2. The summed E-state index contributed by atoms with van der Waals surface area (Å²) in [6, 6.07) is 11.7. The highest BCUT2D eigenvalue weighted by atomic mass is 32.2. The van der Waals surface area contributed by atoms with Crippen LogP contribution in [0.3, 0.4) is 0 Å². The Morgan fingerprint density at radius 3 is 2.45 bits per heavy atom. The number of aromatic nitrogens is 1. The van der Waals surface area contributed by atoms with Gasteiger partial charge in [-0.25, -0.2) is 18.1 Å². The number of sulfonamides is 1. The minimum Gasteiger partial charge on any atom is -0.298 e. The van der Waals surface area contributed by atoms with Crippen LogP contribution in [0.25, 0.3) is 11.3 Å². The summed E-state index contributed by atoms with van der Waals surface area (Å²) >= 11 is 1.33. The lowest BCUT2D eigenvalue weighted by atomic mass is 9.99. The van der Waals surface area contributed by atoms with E-state index in [1.807, 2.05) is 18.4 Å². The van der Waals surface area contributed by atoms with Gasteiger partial charge in [-0.15, -0.1) is 11.3 Å². The first-order valence-corrected chi connectivity index (χ1v) is 11.9. The third kappa shape index (κ3) is 5.35. The van der Waals surface area contributed by atoms with Gasteiger partial charge in [0.1, 0.15) is 0 Å². The molecule has 3 rings (SSSR count). The lowest BCUT2D eigenvalue weighted by molar-refractivity contribution is 0.102. The molecule has 9 heteroatoms. The topological polar surface area (TPSA) is 112 Å². The fraction of sp³-hybridized carbons (Fsp3) is 0.227. The first-order valence-electron chi connectivity index (χ1n) is 9.53. The highest BCUT2D eigenvalue weighted by Gasteiger charge is 2.16. The molecule has 1 heterocycles. The first kappa shape index (κ1) is 22.6. The summed E-state index contributed by atoms with van der Waals surface area (Å²) in [6.45, 7) is 6.19. The Morgan fingerprint density at radius 2 is 1.77 bits per heavy atom. The zero-order chi connectivity index (χ0) is 22.6. The molecule has 0 aliphatic carbocycles. The molecule has 2 N–H and O–H groups in total. The lowest BCUT2D eigenvalue weighted by Gasteiger charge is -2.08. The van der Waals surface area contributed by atoms with Gasteiger partial charge in [0, 0.05) is 29.5 Å². The molecule has 0 saturated heterocycles. The van der Waals surface area contributed by atoms with Gasteiger partial charge in [0.25, 0.3) is 5.91 Å². The number of aryl methyl sites for hydroxylation is 3. The van der Waals surface area contributed by atoms with Gasteiger partial charge >= 0.3 is 0 Å². The number of anilines is 1. The van der Waals surface area contributed by atoms with Crippen LogP contribution < -0.4 is 10.0 Å². The maximum atomic E-state index is 12.6. The number of hydrogen-bond acceptors (Lipinski definition) is 6. The second kappa shape index (κ2) is 9.39. The third-order valence-electron chi connectivity index (χ3n) is 4.80. The van der Waals surface area contributed by atoms with Crippen molar-refractivity contribution in [2.24, 2.45) is 0 Å². The molecule has 2 aromatic carbocycles. The van der Waals surface area contributed by atoms with Gasteiger partial charge in [0.2, 0.25) is 10.0 Å². The van der Waals surface area contributed by atoms with Crippen molar-refractivity contribution >= 4 is 32.4 Å². The number of thiazole rings is 1. The maximum absolute atomic E-state index is 12.6. The van der Waals surface area contributed by atoms with E-state index in [-0.39, 0.29) is 23.8 Å². The van der Waals surface area contributed by atoms with E-state index >= 15 is 0 Å². The predicted molar refractivity (Wildman–Crippen MR) is 122 cm³/mol. The quantitative estimate of drug-likeness (QED) is 0.520. The molecule has 0 radical (unpaired) electrons. The molecule has 0 aliphatic heterocycles. The van der Waals surface area contributed by atoms with Crippen LogP contribution >= 0.6 is 11.3 Å². The van der Waals surface area contributed by atoms with Crippen molar-refractivity contribution in [1.82, 2.24) is 9.71 Å². The second-order valence-electron chi connectivity index (χ2n) is 7.07. The molecule has 0 atom stereocenters. The second-order valence-corrected chi connectivity index (χ2v) is 9.70. The van der Waals surface area contributed by atoms with Crippen LogP contribution in [0, 0.1) is 32.1 Å². The molecule has 0 fully saturated rings. The average molecular weight is 455 g/mol. The van der Waals surface area contributed by atoms with E-state index in [1.165, 1.54) is 46.7 Å². The van der Waals surface area contributed by atoms with Crippen LogP contribution in [0.4, 0.5) is 5.13 Å². The number of carbonyl (C=O) groups excluding carboxylic acids is 1. The monoisotopic (exact) mass is 454 g/mol. The molecular weight excluding hydrogens is 432 g/mol. The third-order valence-corrected chi connectivity index (χ3v) is 7.03. The van der Waals surface area contributed by atoms with Crippen LogP contribution in [0.5, 0.6) is 0 Å². The van der Waals surface area contributed by atoms with E-state index < -0.39 is 10.0 Å². The van der Waals surface area contributed by atoms with Gasteiger partial charge < -0.3 is 0 Å². The molecule has 7 nitrogen and oxygen atoms in total. The summed E-state index contributed by atoms with van der Waals surface area (Å²) in [4.78, 5) is 17.1. The van der Waals surface area contributed by atoms with E-state index in [0.29, 0.717) is 10.7 Å². The molecule has 1 amide bonds. The molecule has 31 heavy (non-hydrogen) atoms. The Hall–Kier alpha value is -3.06. The molecule has 3 aromatic rings. The van der Waals surface area contributed by atoms with E-state index in [4.69, 9.17) is 5.26 Å². The summed E-state index contributed by atoms with van der Waals surface area (Å²) in [6.07, 6.45) is 0.0806. The lowest BCUT2D eigenvalue weighted by Crippen LogP contribution is -2.24. The minimum atomic E-state index is -3.72. The van der Waals surface area contributed by atoms with Crippen molar-refractivity contribution in [3.8, 4) is 17.3 Å². The highest BCUT2D eigenvalue weighted by Crippen LogP contribution is 2.29. The van der Waals surface area contributed by atoms with E-state index in [0.717, 1.165) is 16.8 Å². The van der Waals surface area contributed by atoms with Crippen molar-refractivity contribution in [3.05, 3.63) is 64.0 Å². The number of carbonyl (C=O) groups is 1. The molecule has 160 valence electrons. The number of rotatable bonds is 7. The number of nitrogens with one attached hydrogen (secondary N) is 2. The van der Waals surface area contributed by atoms with Gasteiger partial charge in [-0.05, 0) is 67.8 Å². The van der Waals surface area contributed by atoms with E-state index in [9.17, 15) is 13.2 Å². The Bertz CT molecular complexity index is 1260. The van der Waals surface area contributed by atoms with Crippen molar-refractivity contribution in [2.45, 2.75) is 32.1 Å². The fourth-order valence-corrected chi connectivity index (χ4v) is 4.71. The van der Waals surface area contributed by atoms with Gasteiger partial charge in [-0.2, -0.15) is 5.26 Å².